The lowest BCUT2D eigenvalue weighted by molar-refractivity contribution is 0.0651. The molecule has 0 unspecified atom stereocenters. The number of carboxylic acid groups (broad SMARTS) is 2. The Morgan fingerprint density at radius 1 is 0.867 bits per heavy atom. The highest BCUT2D eigenvalue weighted by atomic mass is 32.1. The lowest BCUT2D eigenvalue weighted by Crippen LogP contribution is -2.13. The van der Waals surface area contributed by atoms with E-state index in [1.165, 1.54) is 29.1 Å². The van der Waals surface area contributed by atoms with Crippen LogP contribution in [0, 0.1) is 0 Å². The van der Waals surface area contributed by atoms with Gasteiger partial charge in [-0.1, -0.05) is 54.5 Å². The van der Waals surface area contributed by atoms with Crippen molar-refractivity contribution in [2.24, 2.45) is 5.16 Å². The number of hydrogen-bond donors (Lipinski definition) is 3. The molecule has 154 valence electrons. The third-order valence-corrected chi connectivity index (χ3v) is 4.98. The van der Waals surface area contributed by atoms with E-state index in [9.17, 15) is 14.4 Å². The maximum atomic E-state index is 11.9. The van der Waals surface area contributed by atoms with Crippen LogP contribution in [0.25, 0.3) is 10.4 Å². The highest BCUT2D eigenvalue weighted by Crippen LogP contribution is 2.24. The van der Waals surface area contributed by atoms with Gasteiger partial charge in [-0.05, 0) is 35.6 Å². The van der Waals surface area contributed by atoms with Gasteiger partial charge in [-0.2, -0.15) is 0 Å². The molecule has 3 N–H and O–H groups in total. The second-order valence-corrected chi connectivity index (χ2v) is 6.89. The fourth-order valence-electron chi connectivity index (χ4n) is 2.53. The normalized spacial score (nSPS) is 10.6. The predicted molar refractivity (Wildman–Crippen MR) is 114 cm³/mol. The zero-order valence-corrected chi connectivity index (χ0v) is 16.8. The molecule has 8 heteroatoms. The minimum absolute atomic E-state index is 0.180. The fourth-order valence-corrected chi connectivity index (χ4v) is 3.26. The standard InChI is InChI=1S/C14H13NO2S.C8H6O4/c1-2-12(15-17)14(16)11-7-5-10(6-8-11)13-4-3-9-18-13;9-7(10)5-3-1-2-4-6(5)8(11)12/h3-9,17H,2H2,1H3;1-4H,(H,9,10)(H,11,12). The van der Waals surface area contributed by atoms with Crippen LogP contribution < -0.4 is 0 Å². The van der Waals surface area contributed by atoms with Crippen molar-refractivity contribution >= 4 is 34.8 Å². The Morgan fingerprint density at radius 3 is 1.83 bits per heavy atom. The summed E-state index contributed by atoms with van der Waals surface area (Å²) in [6.07, 6.45) is 0.419. The van der Waals surface area contributed by atoms with Gasteiger partial charge in [-0.25, -0.2) is 9.59 Å². The molecule has 0 amide bonds. The van der Waals surface area contributed by atoms with Crippen LogP contribution in [0.3, 0.4) is 0 Å². The van der Waals surface area contributed by atoms with Crippen LogP contribution in [0.15, 0.2) is 71.2 Å². The van der Waals surface area contributed by atoms with E-state index in [1.807, 2.05) is 29.6 Å². The molecule has 30 heavy (non-hydrogen) atoms. The van der Waals surface area contributed by atoms with Gasteiger partial charge in [0.2, 0.25) is 5.78 Å². The Labute approximate surface area is 176 Å². The summed E-state index contributed by atoms with van der Waals surface area (Å²) in [6.45, 7) is 1.78. The maximum Gasteiger partial charge on any atom is 0.336 e. The number of benzene rings is 2. The lowest BCUT2D eigenvalue weighted by atomic mass is 10.0. The first-order valence-corrected chi connectivity index (χ1v) is 9.72. The Morgan fingerprint density at radius 2 is 1.43 bits per heavy atom. The smallest absolute Gasteiger partial charge is 0.336 e. The van der Waals surface area contributed by atoms with Crippen molar-refractivity contribution in [2.45, 2.75) is 13.3 Å². The highest BCUT2D eigenvalue weighted by Gasteiger charge is 2.14. The van der Waals surface area contributed by atoms with E-state index in [0.717, 1.165) is 5.56 Å². The van der Waals surface area contributed by atoms with Crippen molar-refractivity contribution < 1.29 is 29.8 Å². The number of oxime groups is 1. The van der Waals surface area contributed by atoms with Crippen molar-refractivity contribution in [3.63, 3.8) is 0 Å². The summed E-state index contributed by atoms with van der Waals surface area (Å²) in [7, 11) is 0. The third-order valence-electron chi connectivity index (χ3n) is 4.06. The molecule has 0 spiro atoms. The van der Waals surface area contributed by atoms with Gasteiger partial charge in [0.25, 0.3) is 0 Å². The molecule has 0 fully saturated rings. The van der Waals surface area contributed by atoms with Gasteiger partial charge in [-0.3, -0.25) is 4.79 Å². The summed E-state index contributed by atoms with van der Waals surface area (Å²) in [5.41, 5.74) is 1.43. The predicted octanol–water partition coefficient (Wildman–Crippen LogP) is 4.92. The number of ketones is 1. The molecular formula is C22H19NO6S. The number of hydrogen-bond acceptors (Lipinski definition) is 6. The van der Waals surface area contributed by atoms with Gasteiger partial charge >= 0.3 is 11.9 Å². The SMILES string of the molecule is CCC(=NO)C(=O)c1ccc(-c2cccs2)cc1.O=C(O)c1ccccc1C(=O)O. The number of carbonyl (C=O) groups excluding carboxylic acids is 1. The molecule has 1 aromatic heterocycles. The summed E-state index contributed by atoms with van der Waals surface area (Å²) in [5, 5.41) is 30.9. The number of carboxylic acids is 2. The molecule has 0 aliphatic carbocycles. The molecule has 0 atom stereocenters. The molecule has 0 aliphatic heterocycles. The van der Waals surface area contributed by atoms with Gasteiger partial charge in [0.1, 0.15) is 5.71 Å². The second-order valence-electron chi connectivity index (χ2n) is 5.94. The Balaban J connectivity index is 0.000000232. The number of Topliss-reactive ketones (excluding diaryl/α,β-unsaturated/α-hetero) is 1. The molecular weight excluding hydrogens is 406 g/mol. The highest BCUT2D eigenvalue weighted by molar-refractivity contribution is 7.13. The van der Waals surface area contributed by atoms with E-state index in [-0.39, 0.29) is 22.6 Å². The van der Waals surface area contributed by atoms with E-state index < -0.39 is 11.9 Å². The summed E-state index contributed by atoms with van der Waals surface area (Å²) in [6, 6.07) is 16.8. The Bertz CT molecular complexity index is 1020. The van der Waals surface area contributed by atoms with Crippen LogP contribution in [-0.4, -0.2) is 38.9 Å². The van der Waals surface area contributed by atoms with Crippen molar-refractivity contribution in [3.05, 3.63) is 82.7 Å². The van der Waals surface area contributed by atoms with Crippen LogP contribution >= 0.6 is 11.3 Å². The van der Waals surface area contributed by atoms with E-state index in [0.29, 0.717) is 12.0 Å². The Hall–Kier alpha value is -3.78. The zero-order chi connectivity index (χ0) is 22.1. The lowest BCUT2D eigenvalue weighted by Gasteiger charge is -2.02. The van der Waals surface area contributed by atoms with Gasteiger partial charge in [0, 0.05) is 10.4 Å². The topological polar surface area (TPSA) is 124 Å². The van der Waals surface area contributed by atoms with Gasteiger partial charge in [0.15, 0.2) is 0 Å². The molecule has 0 radical (unpaired) electrons. The van der Waals surface area contributed by atoms with Crippen molar-refractivity contribution in [1.29, 1.82) is 0 Å². The molecule has 7 nitrogen and oxygen atoms in total. The number of carbonyl (C=O) groups is 3. The van der Waals surface area contributed by atoms with E-state index in [4.69, 9.17) is 15.4 Å². The quantitative estimate of drug-likeness (QED) is 0.223. The third kappa shape index (κ3) is 5.62. The molecule has 1 heterocycles. The zero-order valence-electron chi connectivity index (χ0n) is 16.0. The molecule has 0 saturated heterocycles. The number of thiophene rings is 1. The number of aromatic carboxylic acids is 2. The van der Waals surface area contributed by atoms with Crippen LogP contribution in [0.5, 0.6) is 0 Å². The molecule has 0 saturated carbocycles. The first-order valence-electron chi connectivity index (χ1n) is 8.84. The van der Waals surface area contributed by atoms with Crippen LogP contribution in [0.4, 0.5) is 0 Å². The van der Waals surface area contributed by atoms with Crippen LogP contribution in [-0.2, 0) is 0 Å². The minimum atomic E-state index is -1.23. The molecule has 3 rings (SSSR count). The molecule has 2 aromatic carbocycles. The van der Waals surface area contributed by atoms with E-state index >= 15 is 0 Å². The average Bonchev–Trinajstić information content (AvgIpc) is 3.30. The summed E-state index contributed by atoms with van der Waals surface area (Å²) in [4.78, 5) is 34.0. The second kappa shape index (κ2) is 10.7. The molecule has 0 aliphatic rings. The molecule has 0 bridgehead atoms. The van der Waals surface area contributed by atoms with Crippen molar-refractivity contribution in [1.82, 2.24) is 0 Å². The number of rotatable bonds is 6. The average molecular weight is 425 g/mol. The van der Waals surface area contributed by atoms with Gasteiger partial charge < -0.3 is 15.4 Å². The maximum absolute atomic E-state index is 11.9. The fraction of sp³-hybridized carbons (Fsp3) is 0.0909. The Kier molecular flexibility index (Phi) is 8.01. The van der Waals surface area contributed by atoms with Gasteiger partial charge in [-0.15, -0.1) is 11.3 Å². The summed E-state index contributed by atoms with van der Waals surface area (Å²) < 4.78 is 0. The van der Waals surface area contributed by atoms with Crippen molar-refractivity contribution in [2.75, 3.05) is 0 Å². The van der Waals surface area contributed by atoms with Crippen LogP contribution in [0.2, 0.25) is 0 Å². The largest absolute Gasteiger partial charge is 0.478 e. The first-order chi connectivity index (χ1) is 14.4. The molecule has 3 aromatic rings. The van der Waals surface area contributed by atoms with E-state index in [2.05, 4.69) is 5.16 Å². The monoisotopic (exact) mass is 425 g/mol. The number of nitrogens with zero attached hydrogens (tertiary/aromatic N) is 1. The van der Waals surface area contributed by atoms with Crippen LogP contribution in [0.1, 0.15) is 44.4 Å². The van der Waals surface area contributed by atoms with E-state index in [1.54, 1.807) is 30.4 Å². The summed E-state index contributed by atoms with van der Waals surface area (Å²) in [5.74, 6) is -2.68. The first kappa shape index (κ1) is 22.5. The minimum Gasteiger partial charge on any atom is -0.478 e. The van der Waals surface area contributed by atoms with Crippen molar-refractivity contribution in [3.8, 4) is 10.4 Å². The summed E-state index contributed by atoms with van der Waals surface area (Å²) >= 11 is 1.66. The van der Waals surface area contributed by atoms with Gasteiger partial charge in [0.05, 0.1) is 11.1 Å².